The van der Waals surface area contributed by atoms with Crippen molar-refractivity contribution in [2.45, 2.75) is 32.6 Å². The summed E-state index contributed by atoms with van der Waals surface area (Å²) >= 11 is 0. The molecule has 1 atom stereocenters. The smallest absolute Gasteiger partial charge is 0.329 e. The van der Waals surface area contributed by atoms with Crippen molar-refractivity contribution in [3.8, 4) is 0 Å². The molecule has 1 aliphatic rings. The highest BCUT2D eigenvalue weighted by atomic mass is 16.5. The summed E-state index contributed by atoms with van der Waals surface area (Å²) in [6.45, 7) is 7.17. The molecule has 0 spiro atoms. The van der Waals surface area contributed by atoms with Crippen molar-refractivity contribution in [1.29, 1.82) is 0 Å². The maximum Gasteiger partial charge on any atom is 0.329 e. The molecule has 0 unspecified atom stereocenters. The van der Waals surface area contributed by atoms with E-state index in [1.54, 1.807) is 11.6 Å². The summed E-state index contributed by atoms with van der Waals surface area (Å²) in [6.07, 6.45) is -0.797. The maximum atomic E-state index is 12.4. The van der Waals surface area contributed by atoms with E-state index in [-0.39, 0.29) is 24.8 Å². The van der Waals surface area contributed by atoms with Gasteiger partial charge in [-0.25, -0.2) is 4.79 Å². The van der Waals surface area contributed by atoms with Crippen molar-refractivity contribution >= 4 is 17.1 Å². The fourth-order valence-corrected chi connectivity index (χ4v) is 3.07. The minimum Gasteiger partial charge on any atom is -0.389 e. The van der Waals surface area contributed by atoms with E-state index in [4.69, 9.17) is 4.74 Å². The Balaban J connectivity index is 2.06. The van der Waals surface area contributed by atoms with Crippen LogP contribution in [-0.4, -0.2) is 69.2 Å². The highest BCUT2D eigenvalue weighted by molar-refractivity contribution is 5.74. The van der Waals surface area contributed by atoms with Gasteiger partial charge < -0.3 is 24.6 Å². The second-order valence-electron chi connectivity index (χ2n) is 6.79. The van der Waals surface area contributed by atoms with Crippen molar-refractivity contribution in [2.24, 2.45) is 7.05 Å². The topological polar surface area (TPSA) is 117 Å². The Labute approximate surface area is 150 Å². The highest BCUT2D eigenvalue weighted by Crippen LogP contribution is 2.20. The average Bonchev–Trinajstić information content (AvgIpc) is 2.98. The van der Waals surface area contributed by atoms with E-state index < -0.39 is 17.4 Å². The van der Waals surface area contributed by atoms with E-state index in [0.29, 0.717) is 11.6 Å². The predicted molar refractivity (Wildman–Crippen MR) is 97.8 cm³/mol. The lowest BCUT2D eigenvalue weighted by Crippen LogP contribution is -2.45. The van der Waals surface area contributed by atoms with Crippen molar-refractivity contribution in [3.05, 3.63) is 20.8 Å². The third kappa shape index (κ3) is 3.67. The summed E-state index contributed by atoms with van der Waals surface area (Å²) < 4.78 is 8.48. The lowest BCUT2D eigenvalue weighted by Gasteiger charge is -2.29. The molecule has 3 rings (SSSR count). The van der Waals surface area contributed by atoms with Crippen LogP contribution in [0.3, 0.4) is 0 Å². The van der Waals surface area contributed by atoms with Gasteiger partial charge in [0.15, 0.2) is 11.2 Å². The Morgan fingerprint density at radius 1 is 1.27 bits per heavy atom. The summed E-state index contributed by atoms with van der Waals surface area (Å²) in [7, 11) is 1.57. The summed E-state index contributed by atoms with van der Waals surface area (Å²) in [5.74, 6) is 0.580. The number of aryl methyl sites for hydroxylation is 1. The number of aromatic nitrogens is 4. The fourth-order valence-electron chi connectivity index (χ4n) is 3.07. The minimum atomic E-state index is -0.798. The third-order valence-electron chi connectivity index (χ3n) is 4.40. The number of piperazine rings is 1. The second kappa shape index (κ2) is 7.60. The molecule has 10 heteroatoms. The molecule has 1 saturated heterocycles. The number of hydrogen-bond donors (Lipinski definition) is 3. The summed E-state index contributed by atoms with van der Waals surface area (Å²) in [5.41, 5.74) is -0.426. The molecule has 0 bridgehead atoms. The predicted octanol–water partition coefficient (Wildman–Crippen LogP) is -1.38. The number of anilines is 1. The SMILES string of the molecule is CC(C)OC[C@@H](O)Cn1c(N2CCNCC2)nc2c1c(=O)[nH]c(=O)n2C. The van der Waals surface area contributed by atoms with E-state index in [0.717, 1.165) is 26.2 Å². The zero-order valence-electron chi connectivity index (χ0n) is 15.4. The lowest BCUT2D eigenvalue weighted by atomic mass is 10.3. The fraction of sp³-hybridized carbons (Fsp3) is 0.688. The van der Waals surface area contributed by atoms with E-state index >= 15 is 0 Å². The summed E-state index contributed by atoms with van der Waals surface area (Å²) in [6, 6.07) is 0. The molecule has 0 aromatic carbocycles. The molecule has 0 saturated carbocycles. The molecule has 1 aliphatic heterocycles. The largest absolute Gasteiger partial charge is 0.389 e. The van der Waals surface area contributed by atoms with Gasteiger partial charge in [0.05, 0.1) is 25.4 Å². The number of hydrogen-bond acceptors (Lipinski definition) is 7. The molecule has 2 aromatic heterocycles. The number of aliphatic hydroxyl groups is 1. The summed E-state index contributed by atoms with van der Waals surface area (Å²) in [5, 5.41) is 13.7. The normalized spacial score (nSPS) is 16.6. The van der Waals surface area contributed by atoms with Gasteiger partial charge in [-0.3, -0.25) is 14.3 Å². The molecular weight excluding hydrogens is 340 g/mol. The molecule has 3 heterocycles. The number of imidazole rings is 1. The van der Waals surface area contributed by atoms with Crippen molar-refractivity contribution in [1.82, 2.24) is 24.4 Å². The van der Waals surface area contributed by atoms with Crippen LogP contribution in [0.25, 0.3) is 11.2 Å². The molecule has 0 amide bonds. The first-order valence-corrected chi connectivity index (χ1v) is 8.83. The molecule has 0 aliphatic carbocycles. The molecule has 0 radical (unpaired) electrons. The number of rotatable bonds is 6. The molecule has 26 heavy (non-hydrogen) atoms. The Hall–Kier alpha value is -2.17. The molecule has 144 valence electrons. The molecule has 10 nitrogen and oxygen atoms in total. The van der Waals surface area contributed by atoms with Gasteiger partial charge in [-0.05, 0) is 13.8 Å². The van der Waals surface area contributed by atoms with Crippen molar-refractivity contribution in [2.75, 3.05) is 37.7 Å². The molecule has 3 N–H and O–H groups in total. The molecular formula is C16H26N6O4. The number of nitrogens with zero attached hydrogens (tertiary/aromatic N) is 4. The monoisotopic (exact) mass is 366 g/mol. The van der Waals surface area contributed by atoms with Crippen molar-refractivity contribution in [3.63, 3.8) is 0 Å². The second-order valence-corrected chi connectivity index (χ2v) is 6.79. The van der Waals surface area contributed by atoms with Gasteiger partial charge in [-0.1, -0.05) is 0 Å². The van der Waals surface area contributed by atoms with Gasteiger partial charge in [0.25, 0.3) is 5.56 Å². The first-order chi connectivity index (χ1) is 12.4. The van der Waals surface area contributed by atoms with Gasteiger partial charge in [0.2, 0.25) is 5.95 Å². The van der Waals surface area contributed by atoms with Crippen LogP contribution in [0.2, 0.25) is 0 Å². The zero-order valence-corrected chi connectivity index (χ0v) is 15.4. The highest BCUT2D eigenvalue weighted by Gasteiger charge is 2.24. The summed E-state index contributed by atoms with van der Waals surface area (Å²) in [4.78, 5) is 33.3. The van der Waals surface area contributed by atoms with E-state index in [9.17, 15) is 14.7 Å². The first kappa shape index (κ1) is 18.6. The Morgan fingerprint density at radius 2 is 1.96 bits per heavy atom. The van der Waals surface area contributed by atoms with Crippen LogP contribution in [0, 0.1) is 0 Å². The van der Waals surface area contributed by atoms with Crippen LogP contribution in [-0.2, 0) is 18.3 Å². The standard InChI is InChI=1S/C16H26N6O4/c1-10(2)26-9-11(23)8-22-12-13(20(3)16(25)19-14(12)24)18-15(22)21-6-4-17-5-7-21/h10-11,17,23H,4-9H2,1-3H3,(H,19,24,25)/t11-/m0/s1. The first-order valence-electron chi connectivity index (χ1n) is 8.83. The van der Waals surface area contributed by atoms with Gasteiger partial charge in [-0.2, -0.15) is 4.98 Å². The number of nitrogens with one attached hydrogen (secondary N) is 2. The van der Waals surface area contributed by atoms with Crippen LogP contribution >= 0.6 is 0 Å². The Morgan fingerprint density at radius 3 is 2.62 bits per heavy atom. The number of aromatic amines is 1. The average molecular weight is 366 g/mol. The molecule has 1 fully saturated rings. The number of fused-ring (bicyclic) bond motifs is 1. The van der Waals surface area contributed by atoms with Crippen LogP contribution in [0.5, 0.6) is 0 Å². The van der Waals surface area contributed by atoms with Gasteiger partial charge in [-0.15, -0.1) is 0 Å². The Kier molecular flexibility index (Phi) is 5.44. The molecule has 2 aromatic rings. The van der Waals surface area contributed by atoms with E-state index in [2.05, 4.69) is 20.2 Å². The van der Waals surface area contributed by atoms with Crippen LogP contribution in [0.15, 0.2) is 9.59 Å². The lowest BCUT2D eigenvalue weighted by molar-refractivity contribution is -0.000182. The van der Waals surface area contributed by atoms with Crippen LogP contribution < -0.4 is 21.5 Å². The van der Waals surface area contributed by atoms with Gasteiger partial charge in [0.1, 0.15) is 0 Å². The quantitative estimate of drug-likeness (QED) is 0.577. The van der Waals surface area contributed by atoms with Crippen molar-refractivity contribution < 1.29 is 9.84 Å². The maximum absolute atomic E-state index is 12.4. The number of aliphatic hydroxyl groups excluding tert-OH is 1. The number of H-pyrrole nitrogens is 1. The Bertz CT molecular complexity index is 877. The van der Waals surface area contributed by atoms with Gasteiger partial charge in [0, 0.05) is 33.2 Å². The van der Waals surface area contributed by atoms with Crippen LogP contribution in [0.4, 0.5) is 5.95 Å². The van der Waals surface area contributed by atoms with Gasteiger partial charge >= 0.3 is 5.69 Å². The minimum absolute atomic E-state index is 0.000968. The third-order valence-corrected chi connectivity index (χ3v) is 4.40. The number of ether oxygens (including phenoxy) is 1. The van der Waals surface area contributed by atoms with Crippen LogP contribution in [0.1, 0.15) is 13.8 Å². The van der Waals surface area contributed by atoms with E-state index in [1.807, 2.05) is 13.8 Å². The van der Waals surface area contributed by atoms with E-state index in [1.165, 1.54) is 4.57 Å². The zero-order chi connectivity index (χ0) is 18.8.